The first-order valence-electron chi connectivity index (χ1n) is 9.01. The molecule has 6 heteroatoms. The summed E-state index contributed by atoms with van der Waals surface area (Å²) in [7, 11) is 0. The topological polar surface area (TPSA) is 74.8 Å². The molecule has 1 aromatic carbocycles. The maximum atomic E-state index is 13.0. The van der Waals surface area contributed by atoms with Gasteiger partial charge in [-0.25, -0.2) is 0 Å². The van der Waals surface area contributed by atoms with Crippen molar-refractivity contribution in [2.45, 2.75) is 51.1 Å². The van der Waals surface area contributed by atoms with Gasteiger partial charge >= 0.3 is 0 Å². The lowest BCUT2D eigenvalue weighted by atomic mass is 10.1. The van der Waals surface area contributed by atoms with Crippen LogP contribution in [0.4, 0.5) is 0 Å². The number of hydrogen-bond acceptors (Lipinski definition) is 4. The minimum absolute atomic E-state index is 0.00231. The van der Waals surface area contributed by atoms with Crippen molar-refractivity contribution >= 4 is 5.91 Å². The summed E-state index contributed by atoms with van der Waals surface area (Å²) >= 11 is 0. The lowest BCUT2D eigenvalue weighted by Gasteiger charge is -2.24. The van der Waals surface area contributed by atoms with Gasteiger partial charge in [0.15, 0.2) is 5.82 Å². The number of likely N-dealkylation sites (tertiary alicyclic amines) is 1. The number of carbonyl (C=O) groups excluding carboxylic acids is 1. The van der Waals surface area contributed by atoms with E-state index in [1.54, 1.807) is 24.3 Å². The molecule has 0 spiro atoms. The van der Waals surface area contributed by atoms with Crippen molar-refractivity contribution < 1.29 is 4.79 Å². The third kappa shape index (κ3) is 2.91. The molecule has 2 aromatic rings. The average molecular weight is 335 g/mol. The molecule has 3 heterocycles. The van der Waals surface area contributed by atoms with Gasteiger partial charge < -0.3 is 9.47 Å². The number of aryl methyl sites for hydroxylation is 1. The number of amides is 1. The third-order valence-electron chi connectivity index (χ3n) is 5.21. The molecular formula is C19H21N5O. The van der Waals surface area contributed by atoms with E-state index < -0.39 is 0 Å². The summed E-state index contributed by atoms with van der Waals surface area (Å²) in [6.07, 6.45) is 6.42. The van der Waals surface area contributed by atoms with E-state index in [4.69, 9.17) is 5.26 Å². The lowest BCUT2D eigenvalue weighted by Crippen LogP contribution is -2.32. The van der Waals surface area contributed by atoms with Crippen LogP contribution in [0.25, 0.3) is 0 Å². The van der Waals surface area contributed by atoms with Crippen LogP contribution < -0.4 is 0 Å². The van der Waals surface area contributed by atoms with Gasteiger partial charge in [0.25, 0.3) is 5.91 Å². The van der Waals surface area contributed by atoms with Crippen LogP contribution in [0, 0.1) is 11.3 Å². The normalized spacial score (nSPS) is 20.0. The Morgan fingerprint density at radius 3 is 2.72 bits per heavy atom. The molecule has 0 bridgehead atoms. The van der Waals surface area contributed by atoms with Gasteiger partial charge in [-0.05, 0) is 49.9 Å². The van der Waals surface area contributed by atoms with Crippen molar-refractivity contribution in [3.8, 4) is 6.07 Å². The Hall–Kier alpha value is -2.68. The molecule has 128 valence electrons. The summed E-state index contributed by atoms with van der Waals surface area (Å²) in [6.45, 7) is 1.69. The van der Waals surface area contributed by atoms with E-state index in [2.05, 4.69) is 20.8 Å². The highest BCUT2D eigenvalue weighted by Gasteiger charge is 2.34. The second-order valence-electron chi connectivity index (χ2n) is 6.78. The molecule has 1 amide bonds. The molecule has 0 unspecified atom stereocenters. The minimum Gasteiger partial charge on any atom is -0.328 e. The molecule has 0 aliphatic carbocycles. The summed E-state index contributed by atoms with van der Waals surface area (Å²) in [4.78, 5) is 14.9. The molecular weight excluding hydrogens is 314 g/mol. The summed E-state index contributed by atoms with van der Waals surface area (Å²) in [5.74, 6) is 2.01. The van der Waals surface area contributed by atoms with Crippen LogP contribution in [-0.4, -0.2) is 32.1 Å². The molecule has 4 rings (SSSR count). The Labute approximate surface area is 147 Å². The summed E-state index contributed by atoms with van der Waals surface area (Å²) in [5.41, 5.74) is 1.19. The predicted octanol–water partition coefficient (Wildman–Crippen LogP) is 2.85. The van der Waals surface area contributed by atoms with Gasteiger partial charge in [-0.3, -0.25) is 4.79 Å². The van der Waals surface area contributed by atoms with Crippen LogP contribution in [0.1, 0.15) is 65.7 Å². The monoisotopic (exact) mass is 335 g/mol. The maximum absolute atomic E-state index is 13.0. The second-order valence-corrected chi connectivity index (χ2v) is 6.78. The van der Waals surface area contributed by atoms with Crippen molar-refractivity contribution in [3.05, 3.63) is 47.0 Å². The maximum Gasteiger partial charge on any atom is 0.254 e. The molecule has 0 radical (unpaired) electrons. The van der Waals surface area contributed by atoms with Crippen molar-refractivity contribution in [2.75, 3.05) is 6.54 Å². The fourth-order valence-electron chi connectivity index (χ4n) is 3.89. The largest absolute Gasteiger partial charge is 0.328 e. The summed E-state index contributed by atoms with van der Waals surface area (Å²) < 4.78 is 2.24. The number of nitrogens with zero attached hydrogens (tertiary/aromatic N) is 5. The van der Waals surface area contributed by atoms with Crippen LogP contribution in [0.3, 0.4) is 0 Å². The van der Waals surface area contributed by atoms with Crippen molar-refractivity contribution in [3.63, 3.8) is 0 Å². The van der Waals surface area contributed by atoms with Gasteiger partial charge in [0.2, 0.25) is 0 Å². The van der Waals surface area contributed by atoms with Gasteiger partial charge in [-0.1, -0.05) is 6.42 Å². The molecule has 25 heavy (non-hydrogen) atoms. The smallest absolute Gasteiger partial charge is 0.254 e. The third-order valence-corrected chi connectivity index (χ3v) is 5.21. The molecule has 2 aliphatic heterocycles. The minimum atomic E-state index is 0.00231. The second kappa shape index (κ2) is 6.67. The first kappa shape index (κ1) is 15.8. The molecule has 1 saturated heterocycles. The first-order valence-corrected chi connectivity index (χ1v) is 9.01. The fourth-order valence-corrected chi connectivity index (χ4v) is 3.89. The number of aromatic nitrogens is 3. The van der Waals surface area contributed by atoms with Gasteiger partial charge in [-0.2, -0.15) is 5.26 Å². The number of benzene rings is 1. The molecule has 0 N–H and O–H groups in total. The number of carbonyl (C=O) groups is 1. The van der Waals surface area contributed by atoms with Gasteiger partial charge in [-0.15, -0.1) is 10.2 Å². The molecule has 1 atom stereocenters. The van der Waals surface area contributed by atoms with Gasteiger partial charge in [0.1, 0.15) is 5.82 Å². The highest BCUT2D eigenvalue weighted by molar-refractivity contribution is 5.94. The summed E-state index contributed by atoms with van der Waals surface area (Å²) in [6, 6.07) is 8.95. The van der Waals surface area contributed by atoms with Crippen LogP contribution in [-0.2, 0) is 13.0 Å². The zero-order valence-electron chi connectivity index (χ0n) is 14.2. The van der Waals surface area contributed by atoms with Gasteiger partial charge in [0, 0.05) is 25.1 Å². The quantitative estimate of drug-likeness (QED) is 0.846. The Morgan fingerprint density at radius 1 is 1.08 bits per heavy atom. The van der Waals surface area contributed by atoms with Crippen molar-refractivity contribution in [2.24, 2.45) is 0 Å². The Balaban J connectivity index is 1.61. The van der Waals surface area contributed by atoms with Crippen LogP contribution in [0.15, 0.2) is 24.3 Å². The van der Waals surface area contributed by atoms with Crippen LogP contribution >= 0.6 is 0 Å². The number of nitriles is 1. The number of fused-ring (bicyclic) bond motifs is 1. The Bertz CT molecular complexity index is 817. The fraction of sp³-hybridized carbons (Fsp3) is 0.474. The standard InChI is InChI=1S/C19H21N5O/c20-13-14-7-9-15(10-8-14)19(25)23-12-4-5-16(23)18-22-21-17-6-2-1-3-11-24(17)18/h7-10,16H,1-6,11-12H2/t16-/m0/s1. The highest BCUT2D eigenvalue weighted by atomic mass is 16.2. The van der Waals surface area contributed by atoms with E-state index >= 15 is 0 Å². The molecule has 1 fully saturated rings. The van der Waals surface area contributed by atoms with E-state index in [1.165, 1.54) is 6.42 Å². The molecule has 0 saturated carbocycles. The Kier molecular flexibility index (Phi) is 4.22. The van der Waals surface area contributed by atoms with E-state index in [0.717, 1.165) is 56.8 Å². The van der Waals surface area contributed by atoms with Gasteiger partial charge in [0.05, 0.1) is 17.7 Å². The number of hydrogen-bond donors (Lipinski definition) is 0. The van der Waals surface area contributed by atoms with E-state index in [-0.39, 0.29) is 11.9 Å². The van der Waals surface area contributed by atoms with E-state index in [9.17, 15) is 4.79 Å². The molecule has 1 aromatic heterocycles. The zero-order valence-corrected chi connectivity index (χ0v) is 14.2. The van der Waals surface area contributed by atoms with E-state index in [0.29, 0.717) is 11.1 Å². The molecule has 6 nitrogen and oxygen atoms in total. The zero-order chi connectivity index (χ0) is 17.2. The predicted molar refractivity (Wildman–Crippen MR) is 91.7 cm³/mol. The lowest BCUT2D eigenvalue weighted by molar-refractivity contribution is 0.0727. The van der Waals surface area contributed by atoms with Crippen LogP contribution in [0.2, 0.25) is 0 Å². The summed E-state index contributed by atoms with van der Waals surface area (Å²) in [5, 5.41) is 17.8. The SMILES string of the molecule is N#Cc1ccc(C(=O)N2CCC[C@H]2c2nnc3n2CCCCC3)cc1. The van der Waals surface area contributed by atoms with Crippen LogP contribution in [0.5, 0.6) is 0 Å². The Morgan fingerprint density at radius 2 is 1.92 bits per heavy atom. The average Bonchev–Trinajstić information content (AvgIpc) is 3.22. The highest BCUT2D eigenvalue weighted by Crippen LogP contribution is 2.33. The number of rotatable bonds is 2. The van der Waals surface area contributed by atoms with Crippen molar-refractivity contribution in [1.29, 1.82) is 5.26 Å². The van der Waals surface area contributed by atoms with Crippen molar-refractivity contribution in [1.82, 2.24) is 19.7 Å². The first-order chi connectivity index (χ1) is 12.3. The molecule has 2 aliphatic rings. The van der Waals surface area contributed by atoms with E-state index in [1.807, 2.05) is 4.90 Å².